The molecule has 186 valence electrons. The largest absolute Gasteiger partial charge is 0.376 e. The Labute approximate surface area is 213 Å². The Morgan fingerprint density at radius 2 is 1.69 bits per heavy atom. The number of nitrogens with zero attached hydrogens (tertiary/aromatic N) is 7. The molecule has 2 aliphatic rings. The normalized spacial score (nSPS) is 15.5. The highest BCUT2D eigenvalue weighted by Crippen LogP contribution is 2.25. The van der Waals surface area contributed by atoms with Crippen molar-refractivity contribution in [2.24, 2.45) is 5.73 Å². The van der Waals surface area contributed by atoms with Crippen molar-refractivity contribution < 1.29 is 0 Å². The van der Waals surface area contributed by atoms with Crippen molar-refractivity contribution in [1.82, 2.24) is 14.9 Å². The SMILES string of the molecule is CN(CCNc1cc(N2CCCC2)nc(N2CCCC2)n1)CCN(C(N)=S)c1ccc(C#N)cc1. The number of hydrogen-bond donors (Lipinski definition) is 2. The van der Waals surface area contributed by atoms with Crippen LogP contribution in [-0.2, 0) is 0 Å². The summed E-state index contributed by atoms with van der Waals surface area (Å²) < 4.78 is 0. The summed E-state index contributed by atoms with van der Waals surface area (Å²) in [6.45, 7) is 7.28. The number of anilines is 4. The number of benzene rings is 1. The second-order valence-electron chi connectivity index (χ2n) is 9.18. The number of aromatic nitrogens is 2. The lowest BCUT2D eigenvalue weighted by molar-refractivity contribution is 0.357. The van der Waals surface area contributed by atoms with Crippen molar-refractivity contribution >= 4 is 40.6 Å². The van der Waals surface area contributed by atoms with E-state index in [1.165, 1.54) is 25.7 Å². The fourth-order valence-corrected chi connectivity index (χ4v) is 4.72. The van der Waals surface area contributed by atoms with Gasteiger partial charge in [0.25, 0.3) is 0 Å². The minimum atomic E-state index is 0.325. The van der Waals surface area contributed by atoms with Crippen LogP contribution in [-0.4, -0.2) is 79.4 Å². The van der Waals surface area contributed by atoms with Gasteiger partial charge in [-0.3, -0.25) is 0 Å². The van der Waals surface area contributed by atoms with Gasteiger partial charge in [0.1, 0.15) is 11.6 Å². The Hall–Kier alpha value is -3.16. The molecule has 10 heteroatoms. The average Bonchev–Trinajstić information content (AvgIpc) is 3.59. The zero-order valence-corrected chi connectivity index (χ0v) is 21.3. The molecule has 0 aliphatic carbocycles. The summed E-state index contributed by atoms with van der Waals surface area (Å²) >= 11 is 5.26. The summed E-state index contributed by atoms with van der Waals surface area (Å²) in [7, 11) is 2.09. The third kappa shape index (κ3) is 6.71. The quantitative estimate of drug-likeness (QED) is 0.480. The van der Waals surface area contributed by atoms with Crippen LogP contribution in [0.5, 0.6) is 0 Å². The fraction of sp³-hybridized carbons (Fsp3) is 0.520. The van der Waals surface area contributed by atoms with Gasteiger partial charge in [-0.05, 0) is 69.2 Å². The average molecular weight is 494 g/mol. The molecule has 0 unspecified atom stereocenters. The summed E-state index contributed by atoms with van der Waals surface area (Å²) in [5.41, 5.74) is 7.48. The van der Waals surface area contributed by atoms with E-state index < -0.39 is 0 Å². The van der Waals surface area contributed by atoms with Crippen molar-refractivity contribution in [2.45, 2.75) is 25.7 Å². The molecule has 0 amide bonds. The van der Waals surface area contributed by atoms with Crippen LogP contribution in [0.3, 0.4) is 0 Å². The zero-order valence-electron chi connectivity index (χ0n) is 20.5. The molecule has 0 spiro atoms. The predicted molar refractivity (Wildman–Crippen MR) is 146 cm³/mol. The summed E-state index contributed by atoms with van der Waals surface area (Å²) in [6.07, 6.45) is 4.86. The smallest absolute Gasteiger partial charge is 0.229 e. The highest BCUT2D eigenvalue weighted by molar-refractivity contribution is 7.80. The summed E-state index contributed by atoms with van der Waals surface area (Å²) in [4.78, 5) is 18.5. The maximum Gasteiger partial charge on any atom is 0.229 e. The molecule has 9 nitrogen and oxygen atoms in total. The van der Waals surface area contributed by atoms with Crippen LogP contribution in [0.15, 0.2) is 30.3 Å². The minimum absolute atomic E-state index is 0.325. The van der Waals surface area contributed by atoms with Gasteiger partial charge in [0.15, 0.2) is 5.11 Å². The van der Waals surface area contributed by atoms with Crippen LogP contribution >= 0.6 is 12.2 Å². The molecular formula is C25H35N9S. The molecule has 1 aromatic carbocycles. The molecule has 3 N–H and O–H groups in total. The van der Waals surface area contributed by atoms with Crippen molar-refractivity contribution in [3.8, 4) is 6.07 Å². The van der Waals surface area contributed by atoms with Gasteiger partial charge in [-0.25, -0.2) is 0 Å². The molecule has 0 bridgehead atoms. The second-order valence-corrected chi connectivity index (χ2v) is 9.60. The van der Waals surface area contributed by atoms with Crippen LogP contribution in [0.2, 0.25) is 0 Å². The van der Waals surface area contributed by atoms with E-state index in [1.807, 2.05) is 17.0 Å². The van der Waals surface area contributed by atoms with Crippen LogP contribution in [0.4, 0.5) is 23.3 Å². The first-order chi connectivity index (χ1) is 17.0. The number of thiocarbonyl (C=S) groups is 1. The lowest BCUT2D eigenvalue weighted by atomic mass is 10.2. The Balaban J connectivity index is 1.32. The maximum absolute atomic E-state index is 9.02. The number of likely N-dealkylation sites (N-methyl/N-ethyl adjacent to an activating group) is 1. The van der Waals surface area contributed by atoms with Crippen molar-refractivity contribution in [3.63, 3.8) is 0 Å². The molecule has 2 saturated heterocycles. The summed E-state index contributed by atoms with van der Waals surface area (Å²) in [5.74, 6) is 2.77. The van der Waals surface area contributed by atoms with E-state index in [0.29, 0.717) is 17.2 Å². The first kappa shape index (κ1) is 24.9. The van der Waals surface area contributed by atoms with E-state index in [4.69, 9.17) is 33.2 Å². The third-order valence-electron chi connectivity index (χ3n) is 6.60. The van der Waals surface area contributed by atoms with E-state index in [1.54, 1.807) is 12.1 Å². The van der Waals surface area contributed by atoms with E-state index in [0.717, 1.165) is 69.1 Å². The summed E-state index contributed by atoms with van der Waals surface area (Å²) in [5, 5.41) is 12.9. The van der Waals surface area contributed by atoms with Crippen LogP contribution in [0, 0.1) is 11.3 Å². The van der Waals surface area contributed by atoms with Gasteiger partial charge in [-0.2, -0.15) is 15.2 Å². The van der Waals surface area contributed by atoms with Crippen LogP contribution < -0.4 is 25.8 Å². The topological polar surface area (TPSA) is 101 Å². The first-order valence-electron chi connectivity index (χ1n) is 12.4. The standard InChI is InChI=1S/C25H35N9S/c1-31(16-17-34(24(27)35)21-8-6-20(19-26)7-9-21)15-10-28-22-18-23(32-11-2-3-12-32)30-25(29-22)33-13-4-5-14-33/h6-9,18H,2-5,10-17H2,1H3,(H2,27,35)(H,28,29,30). The number of hydrogen-bond acceptors (Lipinski definition) is 8. The van der Waals surface area contributed by atoms with Gasteiger partial charge in [-0.15, -0.1) is 0 Å². The van der Waals surface area contributed by atoms with Crippen molar-refractivity contribution in [2.75, 3.05) is 79.4 Å². The maximum atomic E-state index is 9.02. The van der Waals surface area contributed by atoms with Crippen molar-refractivity contribution in [3.05, 3.63) is 35.9 Å². The molecule has 0 saturated carbocycles. The fourth-order valence-electron chi connectivity index (χ4n) is 4.52. The van der Waals surface area contributed by atoms with E-state index in [9.17, 15) is 0 Å². The number of rotatable bonds is 10. The molecule has 35 heavy (non-hydrogen) atoms. The lowest BCUT2D eigenvalue weighted by Gasteiger charge is -2.26. The molecule has 4 rings (SSSR count). The minimum Gasteiger partial charge on any atom is -0.376 e. The molecule has 0 radical (unpaired) electrons. The van der Waals surface area contributed by atoms with Crippen LogP contribution in [0.1, 0.15) is 31.2 Å². The Kier molecular flexibility index (Phi) is 8.55. The summed E-state index contributed by atoms with van der Waals surface area (Å²) in [6, 6.07) is 11.5. The van der Waals surface area contributed by atoms with Crippen LogP contribution in [0.25, 0.3) is 0 Å². The van der Waals surface area contributed by atoms with Gasteiger partial charge < -0.3 is 30.7 Å². The molecule has 0 atom stereocenters. The highest BCUT2D eigenvalue weighted by Gasteiger charge is 2.20. The molecular weight excluding hydrogens is 458 g/mol. The van der Waals surface area contributed by atoms with Gasteiger partial charge in [0.05, 0.1) is 11.6 Å². The molecule has 2 fully saturated rings. The third-order valence-corrected chi connectivity index (χ3v) is 6.82. The van der Waals surface area contributed by atoms with E-state index in [2.05, 4.69) is 39.2 Å². The molecule has 3 heterocycles. The number of nitrogens with two attached hydrogens (primary N) is 1. The predicted octanol–water partition coefficient (Wildman–Crippen LogP) is 2.64. The monoisotopic (exact) mass is 493 g/mol. The first-order valence-corrected chi connectivity index (χ1v) is 12.8. The lowest BCUT2D eigenvalue weighted by Crippen LogP contribution is -2.41. The van der Waals surface area contributed by atoms with Gasteiger partial charge in [-0.1, -0.05) is 0 Å². The Morgan fingerprint density at radius 1 is 1.03 bits per heavy atom. The highest BCUT2D eigenvalue weighted by atomic mass is 32.1. The Morgan fingerprint density at radius 3 is 2.31 bits per heavy atom. The van der Waals surface area contributed by atoms with Crippen molar-refractivity contribution in [1.29, 1.82) is 5.26 Å². The second kappa shape index (κ2) is 12.0. The van der Waals surface area contributed by atoms with Gasteiger partial charge >= 0.3 is 0 Å². The number of nitrogens with one attached hydrogen (secondary N) is 1. The zero-order chi connectivity index (χ0) is 24.6. The van der Waals surface area contributed by atoms with E-state index >= 15 is 0 Å². The van der Waals surface area contributed by atoms with Gasteiger partial charge in [0, 0.05) is 64.1 Å². The number of nitriles is 1. The molecule has 2 aliphatic heterocycles. The van der Waals surface area contributed by atoms with Gasteiger partial charge in [0.2, 0.25) is 5.95 Å². The Bertz CT molecular complexity index is 990. The molecule has 1 aromatic heterocycles. The molecule has 2 aromatic rings. The van der Waals surface area contributed by atoms with E-state index in [-0.39, 0.29) is 0 Å².